The van der Waals surface area contributed by atoms with Crippen LogP contribution in [0.15, 0.2) is 24.3 Å². The summed E-state index contributed by atoms with van der Waals surface area (Å²) in [6, 6.07) is 0. The lowest BCUT2D eigenvalue weighted by Crippen LogP contribution is -2.48. The van der Waals surface area contributed by atoms with Crippen LogP contribution in [0.3, 0.4) is 0 Å². The van der Waals surface area contributed by atoms with Crippen molar-refractivity contribution in [3.8, 4) is 0 Å². The molecule has 0 rings (SSSR count). The first-order valence-corrected chi connectivity index (χ1v) is 20.8. The number of likely N-dealkylation sites (N-methyl/N-ethyl adjacent to an activating group) is 1. The van der Waals surface area contributed by atoms with Gasteiger partial charge in [-0.15, -0.1) is 0 Å². The van der Waals surface area contributed by atoms with E-state index in [1.807, 2.05) is 0 Å². The topological polar surface area (TPSA) is 42.5 Å². The Bertz CT molecular complexity index is 585. The Labute approximate surface area is 296 Å². The molecule has 0 radical (unpaired) electrons. The third-order valence-corrected chi connectivity index (χ3v) is 9.30. The van der Waals surface area contributed by atoms with E-state index in [9.17, 15) is 0 Å². The Balaban J connectivity index is 3.31. The minimum Gasteiger partial charge on any atom is -0.366 e. The van der Waals surface area contributed by atoms with Gasteiger partial charge in [0, 0.05) is 26.3 Å². The number of nitrogens with one attached hydrogen (secondary N) is 2. The molecule has 0 saturated heterocycles. The summed E-state index contributed by atoms with van der Waals surface area (Å²) in [7, 11) is 4.61. The lowest BCUT2D eigenvalue weighted by molar-refractivity contribution is -0.888. The second kappa shape index (κ2) is 39.7. The van der Waals surface area contributed by atoms with Crippen LogP contribution in [-0.4, -0.2) is 71.4 Å². The zero-order chi connectivity index (χ0) is 34.2. The molecule has 5 heteroatoms. The van der Waals surface area contributed by atoms with Crippen LogP contribution in [0.25, 0.3) is 0 Å². The van der Waals surface area contributed by atoms with Gasteiger partial charge in [-0.05, 0) is 64.2 Å². The van der Waals surface area contributed by atoms with Crippen molar-refractivity contribution in [2.45, 2.75) is 181 Å². The van der Waals surface area contributed by atoms with Crippen molar-refractivity contribution in [3.63, 3.8) is 0 Å². The summed E-state index contributed by atoms with van der Waals surface area (Å²) in [6.07, 6.45) is 44.5. The van der Waals surface area contributed by atoms with Gasteiger partial charge in [0.05, 0.1) is 40.6 Å². The van der Waals surface area contributed by atoms with Crippen molar-refractivity contribution in [2.24, 2.45) is 0 Å². The SMILES string of the molecule is CCCCCCCC/C=C\CCCCCCCOCNCC[N+](C)(C)CCNCOCCCCCCC/C=C\CCCCCCCC. The molecule has 280 valence electrons. The zero-order valence-corrected chi connectivity index (χ0v) is 32.6. The first-order chi connectivity index (χ1) is 23.1. The molecular formula is C42H86N3O2+. The molecule has 0 saturated carbocycles. The minimum absolute atomic E-state index is 0.672. The number of nitrogens with zero attached hydrogens (tertiary/aromatic N) is 1. The van der Waals surface area contributed by atoms with Crippen LogP contribution in [0.4, 0.5) is 0 Å². The molecule has 0 aliphatic carbocycles. The van der Waals surface area contributed by atoms with Gasteiger partial charge in [0.25, 0.3) is 0 Å². The van der Waals surface area contributed by atoms with E-state index in [4.69, 9.17) is 9.47 Å². The molecule has 0 aromatic rings. The van der Waals surface area contributed by atoms with Crippen molar-refractivity contribution in [1.82, 2.24) is 10.6 Å². The molecule has 0 spiro atoms. The van der Waals surface area contributed by atoms with Gasteiger partial charge in [0.15, 0.2) is 0 Å². The first-order valence-electron chi connectivity index (χ1n) is 20.8. The molecular weight excluding hydrogens is 578 g/mol. The Kier molecular flexibility index (Phi) is 39.1. The summed E-state index contributed by atoms with van der Waals surface area (Å²) >= 11 is 0. The predicted molar refractivity (Wildman–Crippen MR) is 209 cm³/mol. The maximum atomic E-state index is 5.81. The summed E-state index contributed by atoms with van der Waals surface area (Å²) < 4.78 is 12.6. The smallest absolute Gasteiger partial charge is 0.0967 e. The largest absolute Gasteiger partial charge is 0.366 e. The second-order valence-electron chi connectivity index (χ2n) is 14.7. The second-order valence-corrected chi connectivity index (χ2v) is 14.7. The maximum Gasteiger partial charge on any atom is 0.0967 e. The van der Waals surface area contributed by atoms with E-state index < -0.39 is 0 Å². The molecule has 0 aliphatic rings. The highest BCUT2D eigenvalue weighted by Gasteiger charge is 2.13. The van der Waals surface area contributed by atoms with Crippen LogP contribution in [0.2, 0.25) is 0 Å². The molecule has 0 heterocycles. The van der Waals surface area contributed by atoms with Gasteiger partial charge in [-0.3, -0.25) is 10.6 Å². The first kappa shape index (κ1) is 46.3. The summed E-state index contributed by atoms with van der Waals surface area (Å²) in [4.78, 5) is 0. The van der Waals surface area contributed by atoms with Crippen LogP contribution in [0, 0.1) is 0 Å². The van der Waals surface area contributed by atoms with E-state index in [1.54, 1.807) is 0 Å². The van der Waals surface area contributed by atoms with Gasteiger partial charge in [-0.2, -0.15) is 0 Å². The average molecular weight is 665 g/mol. The number of unbranched alkanes of at least 4 members (excludes halogenated alkanes) is 22. The van der Waals surface area contributed by atoms with Crippen molar-refractivity contribution in [3.05, 3.63) is 24.3 Å². The highest BCUT2D eigenvalue weighted by Crippen LogP contribution is 2.11. The van der Waals surface area contributed by atoms with Crippen LogP contribution >= 0.6 is 0 Å². The Morgan fingerprint density at radius 2 is 0.702 bits per heavy atom. The van der Waals surface area contributed by atoms with Crippen molar-refractivity contribution in [1.29, 1.82) is 0 Å². The van der Waals surface area contributed by atoms with E-state index in [0.29, 0.717) is 13.5 Å². The fourth-order valence-electron chi connectivity index (χ4n) is 5.86. The number of rotatable bonds is 40. The molecule has 0 bridgehead atoms. The molecule has 5 nitrogen and oxygen atoms in total. The van der Waals surface area contributed by atoms with Gasteiger partial charge in [0.1, 0.15) is 0 Å². The fraction of sp³-hybridized carbons (Fsp3) is 0.905. The van der Waals surface area contributed by atoms with E-state index in [1.165, 1.54) is 167 Å². The normalized spacial score (nSPS) is 12.3. The van der Waals surface area contributed by atoms with Gasteiger partial charge < -0.3 is 14.0 Å². The minimum atomic E-state index is 0.672. The lowest BCUT2D eigenvalue weighted by atomic mass is 10.1. The van der Waals surface area contributed by atoms with Gasteiger partial charge in [-0.1, -0.05) is 141 Å². The number of quaternary nitrogens is 1. The quantitative estimate of drug-likeness (QED) is 0.0296. The lowest BCUT2D eigenvalue weighted by Gasteiger charge is -2.30. The number of allylic oxidation sites excluding steroid dienone is 4. The molecule has 0 atom stereocenters. The summed E-state index contributed by atoms with van der Waals surface area (Å²) in [5, 5.41) is 6.93. The average Bonchev–Trinajstić information content (AvgIpc) is 3.06. The van der Waals surface area contributed by atoms with Crippen LogP contribution < -0.4 is 10.6 Å². The third kappa shape index (κ3) is 41.4. The summed E-state index contributed by atoms with van der Waals surface area (Å²) in [5.41, 5.74) is 0. The van der Waals surface area contributed by atoms with Gasteiger partial charge in [-0.25, -0.2) is 0 Å². The van der Waals surface area contributed by atoms with Crippen molar-refractivity contribution >= 4 is 0 Å². The summed E-state index contributed by atoms with van der Waals surface area (Å²) in [5.74, 6) is 0. The van der Waals surface area contributed by atoms with Crippen LogP contribution in [0.1, 0.15) is 181 Å². The fourth-order valence-corrected chi connectivity index (χ4v) is 5.86. The van der Waals surface area contributed by atoms with Crippen molar-refractivity contribution in [2.75, 3.05) is 66.9 Å². The van der Waals surface area contributed by atoms with E-state index >= 15 is 0 Å². The predicted octanol–water partition coefficient (Wildman–Crippen LogP) is 11.5. The van der Waals surface area contributed by atoms with E-state index in [0.717, 1.165) is 43.9 Å². The monoisotopic (exact) mass is 665 g/mol. The van der Waals surface area contributed by atoms with E-state index in [-0.39, 0.29) is 0 Å². The number of ether oxygens (including phenoxy) is 2. The Hall–Kier alpha value is -0.720. The molecule has 2 N–H and O–H groups in total. The highest BCUT2D eigenvalue weighted by molar-refractivity contribution is 4.82. The number of hydrogen-bond donors (Lipinski definition) is 2. The van der Waals surface area contributed by atoms with Crippen LogP contribution in [-0.2, 0) is 9.47 Å². The molecule has 0 amide bonds. The molecule has 0 aliphatic heterocycles. The van der Waals surface area contributed by atoms with Crippen molar-refractivity contribution < 1.29 is 14.0 Å². The molecule has 0 fully saturated rings. The van der Waals surface area contributed by atoms with Crippen LogP contribution in [0.5, 0.6) is 0 Å². The zero-order valence-electron chi connectivity index (χ0n) is 32.6. The molecule has 0 aromatic carbocycles. The summed E-state index contributed by atoms with van der Waals surface area (Å²) in [6.45, 7) is 11.9. The maximum absolute atomic E-state index is 5.81. The van der Waals surface area contributed by atoms with E-state index in [2.05, 4.69) is 62.9 Å². The third-order valence-electron chi connectivity index (χ3n) is 9.30. The van der Waals surface area contributed by atoms with Gasteiger partial charge in [0.2, 0.25) is 0 Å². The number of hydrogen-bond acceptors (Lipinski definition) is 4. The Morgan fingerprint density at radius 1 is 0.404 bits per heavy atom. The van der Waals surface area contributed by atoms with Gasteiger partial charge >= 0.3 is 0 Å². The molecule has 0 aromatic heterocycles. The molecule has 0 unspecified atom stereocenters. The highest BCUT2D eigenvalue weighted by atomic mass is 16.5. The Morgan fingerprint density at radius 3 is 1.04 bits per heavy atom. The standard InChI is InChI=1S/C42H86N3O2/c1-5-7-9-11-13-15-17-19-21-23-25-27-29-31-33-39-46-41-43-35-37-45(3,4)38-36-44-42-47-40-34-32-30-28-26-24-22-20-18-16-14-12-10-8-6-2/h19-22,43-44H,5-18,23-42H2,1-4H3/q+1/b21-19-,22-20-. The molecule has 47 heavy (non-hydrogen) atoms.